The predicted molar refractivity (Wildman–Crippen MR) is 95.7 cm³/mol. The van der Waals surface area contributed by atoms with Crippen LogP contribution < -0.4 is 15.4 Å². The van der Waals surface area contributed by atoms with E-state index in [2.05, 4.69) is 10.00 Å². The zero-order valence-corrected chi connectivity index (χ0v) is 13.9. The van der Waals surface area contributed by atoms with Gasteiger partial charge < -0.3 is 15.4 Å². The van der Waals surface area contributed by atoms with E-state index < -0.39 is 0 Å². The van der Waals surface area contributed by atoms with E-state index in [0.29, 0.717) is 31.3 Å². The second-order valence-electron chi connectivity index (χ2n) is 6.19. The number of hydrogen-bond acceptors (Lipinski definition) is 4. The standard InChI is InChI=1S/C19H19FN4O/c1-13-2-5-15(6-3-13)24-16(11-19(21)22-24)12-23-8-9-25-18-7-4-14(20)10-17(18)23/h2-7,10-11H,8-9,12H2,1H3,(H2,21,22). The number of fused-ring (bicyclic) bond motifs is 1. The number of aromatic nitrogens is 2. The Bertz CT molecular complexity index is 904. The summed E-state index contributed by atoms with van der Waals surface area (Å²) in [5, 5.41) is 4.41. The minimum Gasteiger partial charge on any atom is -0.490 e. The third-order valence-electron chi connectivity index (χ3n) is 4.31. The Morgan fingerprint density at radius 1 is 1.16 bits per heavy atom. The Labute approximate surface area is 145 Å². The molecular weight excluding hydrogens is 319 g/mol. The van der Waals surface area contributed by atoms with Gasteiger partial charge in [-0.05, 0) is 31.2 Å². The molecule has 25 heavy (non-hydrogen) atoms. The molecule has 0 aliphatic carbocycles. The number of nitrogens with two attached hydrogens (primary N) is 1. The Morgan fingerprint density at radius 3 is 2.76 bits per heavy atom. The molecule has 6 heteroatoms. The summed E-state index contributed by atoms with van der Waals surface area (Å²) < 4.78 is 21.1. The number of hydrogen-bond donors (Lipinski definition) is 1. The zero-order valence-electron chi connectivity index (χ0n) is 13.9. The van der Waals surface area contributed by atoms with Crippen molar-refractivity contribution >= 4 is 11.5 Å². The number of benzene rings is 2. The molecule has 0 amide bonds. The minimum absolute atomic E-state index is 0.277. The molecule has 0 bridgehead atoms. The second kappa shape index (κ2) is 6.12. The van der Waals surface area contributed by atoms with Crippen molar-refractivity contribution in [2.24, 2.45) is 0 Å². The number of rotatable bonds is 3. The summed E-state index contributed by atoms with van der Waals surface area (Å²) in [7, 11) is 0. The fourth-order valence-electron chi connectivity index (χ4n) is 3.07. The second-order valence-corrected chi connectivity index (χ2v) is 6.19. The highest BCUT2D eigenvalue weighted by Crippen LogP contribution is 2.33. The van der Waals surface area contributed by atoms with E-state index in [4.69, 9.17) is 10.5 Å². The topological polar surface area (TPSA) is 56.3 Å². The molecule has 2 N–H and O–H groups in total. The number of aryl methyl sites for hydroxylation is 1. The summed E-state index contributed by atoms with van der Waals surface area (Å²) in [5.41, 5.74) is 9.76. The van der Waals surface area contributed by atoms with Gasteiger partial charge in [0, 0.05) is 12.1 Å². The monoisotopic (exact) mass is 338 g/mol. The molecule has 1 aromatic heterocycles. The molecule has 1 aliphatic heterocycles. The van der Waals surface area contributed by atoms with Crippen LogP contribution in [0.1, 0.15) is 11.3 Å². The molecule has 5 nitrogen and oxygen atoms in total. The third kappa shape index (κ3) is 3.03. The first-order valence-corrected chi connectivity index (χ1v) is 8.19. The van der Waals surface area contributed by atoms with E-state index in [0.717, 1.165) is 17.1 Å². The maximum absolute atomic E-state index is 13.7. The van der Waals surface area contributed by atoms with E-state index in [1.165, 1.54) is 17.7 Å². The van der Waals surface area contributed by atoms with E-state index >= 15 is 0 Å². The van der Waals surface area contributed by atoms with Crippen molar-refractivity contribution < 1.29 is 9.13 Å². The molecule has 0 fully saturated rings. The van der Waals surface area contributed by atoms with Crippen molar-refractivity contribution in [1.29, 1.82) is 0 Å². The average Bonchev–Trinajstić information content (AvgIpc) is 2.96. The lowest BCUT2D eigenvalue weighted by molar-refractivity contribution is 0.305. The fraction of sp³-hybridized carbons (Fsp3) is 0.211. The average molecular weight is 338 g/mol. The third-order valence-corrected chi connectivity index (χ3v) is 4.31. The Morgan fingerprint density at radius 2 is 1.96 bits per heavy atom. The first kappa shape index (κ1) is 15.5. The van der Waals surface area contributed by atoms with Crippen LogP contribution in [0.5, 0.6) is 5.75 Å². The van der Waals surface area contributed by atoms with Gasteiger partial charge >= 0.3 is 0 Å². The van der Waals surface area contributed by atoms with Crippen LogP contribution in [-0.2, 0) is 6.54 Å². The molecule has 128 valence electrons. The summed E-state index contributed by atoms with van der Waals surface area (Å²) in [6.07, 6.45) is 0. The largest absolute Gasteiger partial charge is 0.490 e. The number of ether oxygens (including phenoxy) is 1. The molecule has 2 heterocycles. The van der Waals surface area contributed by atoms with Gasteiger partial charge in [0.1, 0.15) is 24.0 Å². The summed E-state index contributed by atoms with van der Waals surface area (Å²) in [6.45, 7) is 3.85. The lowest BCUT2D eigenvalue weighted by Gasteiger charge is -2.31. The molecule has 0 radical (unpaired) electrons. The zero-order chi connectivity index (χ0) is 17.4. The molecule has 0 saturated carbocycles. The van der Waals surface area contributed by atoms with Crippen LogP contribution in [0.4, 0.5) is 15.9 Å². The minimum atomic E-state index is -0.277. The van der Waals surface area contributed by atoms with Gasteiger partial charge in [0.15, 0.2) is 0 Å². The Kier molecular flexibility index (Phi) is 3.80. The number of anilines is 2. The van der Waals surface area contributed by atoms with E-state index in [1.807, 2.05) is 41.9 Å². The van der Waals surface area contributed by atoms with Crippen LogP contribution in [0.15, 0.2) is 48.5 Å². The van der Waals surface area contributed by atoms with Gasteiger partial charge in [0.05, 0.1) is 30.2 Å². The molecule has 0 saturated heterocycles. The molecule has 1 aliphatic rings. The number of halogens is 1. The molecule has 0 atom stereocenters. The van der Waals surface area contributed by atoms with Crippen molar-refractivity contribution in [2.45, 2.75) is 13.5 Å². The summed E-state index contributed by atoms with van der Waals surface area (Å²) in [4.78, 5) is 2.09. The normalized spacial score (nSPS) is 13.4. The first-order chi connectivity index (χ1) is 12.1. The number of nitrogens with zero attached hydrogens (tertiary/aromatic N) is 3. The van der Waals surface area contributed by atoms with Gasteiger partial charge in [-0.2, -0.15) is 5.10 Å². The molecule has 2 aromatic carbocycles. The van der Waals surface area contributed by atoms with E-state index in [1.54, 1.807) is 6.07 Å². The first-order valence-electron chi connectivity index (χ1n) is 8.19. The maximum Gasteiger partial charge on any atom is 0.146 e. The van der Waals surface area contributed by atoms with Gasteiger partial charge in [0.25, 0.3) is 0 Å². The Hall–Kier alpha value is -3.02. The Balaban J connectivity index is 1.69. The highest BCUT2D eigenvalue weighted by Gasteiger charge is 2.21. The van der Waals surface area contributed by atoms with Crippen LogP contribution in [-0.4, -0.2) is 22.9 Å². The summed E-state index contributed by atoms with van der Waals surface area (Å²) in [5.74, 6) is 0.881. The van der Waals surface area contributed by atoms with E-state index in [9.17, 15) is 4.39 Å². The van der Waals surface area contributed by atoms with Crippen LogP contribution >= 0.6 is 0 Å². The van der Waals surface area contributed by atoms with Crippen molar-refractivity contribution in [2.75, 3.05) is 23.8 Å². The molecule has 0 spiro atoms. The lowest BCUT2D eigenvalue weighted by Crippen LogP contribution is -2.33. The summed E-state index contributed by atoms with van der Waals surface area (Å²) >= 11 is 0. The van der Waals surface area contributed by atoms with Gasteiger partial charge in [-0.15, -0.1) is 0 Å². The highest BCUT2D eigenvalue weighted by atomic mass is 19.1. The quantitative estimate of drug-likeness (QED) is 0.796. The van der Waals surface area contributed by atoms with Gasteiger partial charge in [-0.25, -0.2) is 9.07 Å². The fourth-order valence-corrected chi connectivity index (χ4v) is 3.07. The lowest BCUT2D eigenvalue weighted by atomic mass is 10.2. The van der Waals surface area contributed by atoms with Crippen LogP contribution in [0.25, 0.3) is 5.69 Å². The van der Waals surface area contributed by atoms with Gasteiger partial charge in [-0.1, -0.05) is 17.7 Å². The summed E-state index contributed by atoms with van der Waals surface area (Å²) in [6, 6.07) is 14.5. The maximum atomic E-state index is 13.7. The van der Waals surface area contributed by atoms with Crippen LogP contribution in [0, 0.1) is 12.7 Å². The van der Waals surface area contributed by atoms with E-state index in [-0.39, 0.29) is 5.82 Å². The SMILES string of the molecule is Cc1ccc(-n2nc(N)cc2CN2CCOc3ccc(F)cc32)cc1. The van der Waals surface area contributed by atoms with Crippen LogP contribution in [0.3, 0.4) is 0 Å². The smallest absolute Gasteiger partial charge is 0.146 e. The molecule has 0 unspecified atom stereocenters. The highest BCUT2D eigenvalue weighted by molar-refractivity contribution is 5.60. The van der Waals surface area contributed by atoms with Crippen molar-refractivity contribution in [3.8, 4) is 11.4 Å². The molecule has 3 aromatic rings. The van der Waals surface area contributed by atoms with Gasteiger partial charge in [0.2, 0.25) is 0 Å². The van der Waals surface area contributed by atoms with Crippen molar-refractivity contribution in [3.05, 3.63) is 65.6 Å². The number of nitrogen functional groups attached to an aromatic ring is 1. The van der Waals surface area contributed by atoms with Crippen molar-refractivity contribution in [1.82, 2.24) is 9.78 Å². The predicted octanol–water partition coefficient (Wildman–Crippen LogP) is 3.30. The molecular formula is C19H19FN4O. The van der Waals surface area contributed by atoms with Crippen molar-refractivity contribution in [3.63, 3.8) is 0 Å². The molecule has 4 rings (SSSR count). The van der Waals surface area contributed by atoms with Crippen LogP contribution in [0.2, 0.25) is 0 Å². The van der Waals surface area contributed by atoms with Gasteiger partial charge in [-0.3, -0.25) is 0 Å².